The summed E-state index contributed by atoms with van der Waals surface area (Å²) in [4.78, 5) is 7.59. The molecule has 3 rings (SSSR count). The lowest BCUT2D eigenvalue weighted by Crippen LogP contribution is -1.81. The third-order valence-corrected chi connectivity index (χ3v) is 3.41. The van der Waals surface area contributed by atoms with E-state index < -0.39 is 0 Å². The molecule has 2 nitrogen and oxygen atoms in total. The van der Waals surface area contributed by atoms with Gasteiger partial charge in [0.2, 0.25) is 0 Å². The van der Waals surface area contributed by atoms with Crippen molar-refractivity contribution in [2.45, 2.75) is 6.92 Å². The largest absolute Gasteiger partial charge is 0.342 e. The van der Waals surface area contributed by atoms with E-state index in [9.17, 15) is 0 Å². The number of halogens is 2. The molecule has 0 spiro atoms. The van der Waals surface area contributed by atoms with E-state index in [4.69, 9.17) is 23.2 Å². The quantitative estimate of drug-likeness (QED) is 0.677. The Morgan fingerprint density at radius 3 is 2.50 bits per heavy atom. The fourth-order valence-electron chi connectivity index (χ4n) is 2.01. The van der Waals surface area contributed by atoms with Crippen molar-refractivity contribution in [1.29, 1.82) is 0 Å². The van der Waals surface area contributed by atoms with Gasteiger partial charge in [0.25, 0.3) is 0 Å². The average molecular weight is 277 g/mol. The molecule has 3 aromatic rings. The summed E-state index contributed by atoms with van der Waals surface area (Å²) < 4.78 is 0. The van der Waals surface area contributed by atoms with Crippen molar-refractivity contribution in [3.05, 3.63) is 52.3 Å². The van der Waals surface area contributed by atoms with Gasteiger partial charge in [0, 0.05) is 10.6 Å². The molecule has 0 aliphatic rings. The van der Waals surface area contributed by atoms with E-state index in [1.165, 1.54) is 0 Å². The van der Waals surface area contributed by atoms with Crippen LogP contribution in [-0.2, 0) is 0 Å². The summed E-state index contributed by atoms with van der Waals surface area (Å²) >= 11 is 12.2. The second-order valence-corrected chi connectivity index (χ2v) is 5.02. The molecule has 0 amide bonds. The molecular formula is C14H10Cl2N2. The maximum Gasteiger partial charge on any atom is 0.104 e. The summed E-state index contributed by atoms with van der Waals surface area (Å²) in [6, 6.07) is 11.5. The van der Waals surface area contributed by atoms with Crippen LogP contribution >= 0.6 is 23.2 Å². The van der Waals surface area contributed by atoms with E-state index in [-0.39, 0.29) is 0 Å². The zero-order valence-corrected chi connectivity index (χ0v) is 11.2. The number of hydrogen-bond donors (Lipinski definition) is 1. The lowest BCUT2D eigenvalue weighted by atomic mass is 10.1. The lowest BCUT2D eigenvalue weighted by Gasteiger charge is -2.04. The van der Waals surface area contributed by atoms with Crippen LogP contribution in [0.2, 0.25) is 10.0 Å². The first-order chi connectivity index (χ1) is 8.63. The zero-order chi connectivity index (χ0) is 12.7. The van der Waals surface area contributed by atoms with Gasteiger partial charge in [-0.1, -0.05) is 35.3 Å². The average Bonchev–Trinajstić information content (AvgIpc) is 2.68. The maximum atomic E-state index is 6.31. The molecule has 0 aliphatic heterocycles. The standard InChI is InChI=1S/C14H10Cl2N2/c1-8-17-13-6-11(12(16)7-14(13)18-8)9-2-4-10(15)5-3-9/h2-7H,1H3,(H,17,18). The van der Waals surface area contributed by atoms with Crippen LogP contribution in [0.4, 0.5) is 0 Å². The van der Waals surface area contributed by atoms with E-state index >= 15 is 0 Å². The summed E-state index contributed by atoms with van der Waals surface area (Å²) in [6.45, 7) is 1.93. The molecule has 1 N–H and O–H groups in total. The van der Waals surface area contributed by atoms with Crippen LogP contribution in [0.5, 0.6) is 0 Å². The monoisotopic (exact) mass is 276 g/mol. The van der Waals surface area contributed by atoms with Crippen LogP contribution in [0, 0.1) is 6.92 Å². The molecule has 1 heterocycles. The van der Waals surface area contributed by atoms with Crippen molar-refractivity contribution < 1.29 is 0 Å². The molecule has 0 aliphatic carbocycles. The second kappa shape index (κ2) is 4.30. The van der Waals surface area contributed by atoms with Gasteiger partial charge in [0.1, 0.15) is 5.82 Å². The van der Waals surface area contributed by atoms with Gasteiger partial charge in [0.05, 0.1) is 16.1 Å². The second-order valence-electron chi connectivity index (χ2n) is 4.18. The third-order valence-electron chi connectivity index (χ3n) is 2.84. The van der Waals surface area contributed by atoms with Crippen LogP contribution in [0.25, 0.3) is 22.2 Å². The number of nitrogens with one attached hydrogen (secondary N) is 1. The van der Waals surface area contributed by atoms with E-state index in [2.05, 4.69) is 9.97 Å². The molecule has 18 heavy (non-hydrogen) atoms. The highest BCUT2D eigenvalue weighted by atomic mass is 35.5. The molecule has 0 bridgehead atoms. The third kappa shape index (κ3) is 1.98. The van der Waals surface area contributed by atoms with E-state index in [1.54, 1.807) is 0 Å². The van der Waals surface area contributed by atoms with Gasteiger partial charge in [-0.2, -0.15) is 0 Å². The molecule has 2 aromatic carbocycles. The predicted molar refractivity (Wildman–Crippen MR) is 76.3 cm³/mol. The fraction of sp³-hybridized carbons (Fsp3) is 0.0714. The Bertz CT molecular complexity index is 714. The maximum absolute atomic E-state index is 6.31. The van der Waals surface area contributed by atoms with Crippen LogP contribution in [0.1, 0.15) is 5.82 Å². The number of aromatic nitrogens is 2. The molecule has 0 saturated carbocycles. The minimum absolute atomic E-state index is 0.702. The first-order valence-corrected chi connectivity index (χ1v) is 6.31. The van der Waals surface area contributed by atoms with Crippen molar-refractivity contribution in [3.63, 3.8) is 0 Å². The van der Waals surface area contributed by atoms with Gasteiger partial charge < -0.3 is 4.98 Å². The van der Waals surface area contributed by atoms with Gasteiger partial charge >= 0.3 is 0 Å². The summed E-state index contributed by atoms with van der Waals surface area (Å²) in [5, 5.41) is 1.42. The number of benzene rings is 2. The molecule has 0 unspecified atom stereocenters. The van der Waals surface area contributed by atoms with Gasteiger partial charge in [-0.25, -0.2) is 4.98 Å². The number of aryl methyl sites for hydroxylation is 1. The first kappa shape index (κ1) is 11.6. The Kier molecular flexibility index (Phi) is 2.77. The number of nitrogens with zero attached hydrogens (tertiary/aromatic N) is 1. The lowest BCUT2D eigenvalue weighted by molar-refractivity contribution is 1.17. The predicted octanol–water partition coefficient (Wildman–Crippen LogP) is 4.85. The fourth-order valence-corrected chi connectivity index (χ4v) is 2.41. The highest BCUT2D eigenvalue weighted by molar-refractivity contribution is 6.34. The van der Waals surface area contributed by atoms with E-state index in [1.807, 2.05) is 43.3 Å². The number of imidazole rings is 1. The Hall–Kier alpha value is -1.51. The molecular weight excluding hydrogens is 267 g/mol. The normalized spacial score (nSPS) is 11.1. The summed E-state index contributed by atoms with van der Waals surface area (Å²) in [7, 11) is 0. The van der Waals surface area contributed by atoms with Gasteiger partial charge in [-0.15, -0.1) is 0 Å². The van der Waals surface area contributed by atoms with Crippen LogP contribution in [0.3, 0.4) is 0 Å². The van der Waals surface area contributed by atoms with Crippen LogP contribution < -0.4 is 0 Å². The number of rotatable bonds is 1. The SMILES string of the molecule is Cc1nc2cc(-c3ccc(Cl)cc3)c(Cl)cc2[nH]1. The van der Waals surface area contributed by atoms with Crippen molar-refractivity contribution >= 4 is 34.2 Å². The minimum atomic E-state index is 0.702. The minimum Gasteiger partial charge on any atom is -0.342 e. The molecule has 0 atom stereocenters. The first-order valence-electron chi connectivity index (χ1n) is 5.55. The molecule has 90 valence electrons. The molecule has 0 fully saturated rings. The van der Waals surface area contributed by atoms with Gasteiger partial charge in [-0.3, -0.25) is 0 Å². The summed E-state index contributed by atoms with van der Waals surface area (Å²) in [5.41, 5.74) is 3.87. The Labute approximate surface area is 115 Å². The summed E-state index contributed by atoms with van der Waals surface area (Å²) in [6.07, 6.45) is 0. The van der Waals surface area contributed by atoms with Crippen molar-refractivity contribution in [1.82, 2.24) is 9.97 Å². The van der Waals surface area contributed by atoms with E-state index in [0.29, 0.717) is 10.0 Å². The number of fused-ring (bicyclic) bond motifs is 1. The van der Waals surface area contributed by atoms with Crippen LogP contribution in [-0.4, -0.2) is 9.97 Å². The highest BCUT2D eigenvalue weighted by Crippen LogP contribution is 2.32. The summed E-state index contributed by atoms with van der Waals surface area (Å²) in [5.74, 6) is 0.884. The Morgan fingerprint density at radius 1 is 1.06 bits per heavy atom. The molecule has 0 radical (unpaired) electrons. The van der Waals surface area contributed by atoms with Crippen molar-refractivity contribution in [2.24, 2.45) is 0 Å². The number of aromatic amines is 1. The van der Waals surface area contributed by atoms with E-state index in [0.717, 1.165) is 28.0 Å². The van der Waals surface area contributed by atoms with Gasteiger partial charge in [-0.05, 0) is 36.8 Å². The number of H-pyrrole nitrogens is 1. The van der Waals surface area contributed by atoms with Crippen molar-refractivity contribution in [3.8, 4) is 11.1 Å². The molecule has 4 heteroatoms. The Balaban J connectivity index is 2.21. The topological polar surface area (TPSA) is 28.7 Å². The number of hydrogen-bond acceptors (Lipinski definition) is 1. The van der Waals surface area contributed by atoms with Gasteiger partial charge in [0.15, 0.2) is 0 Å². The molecule has 0 saturated heterocycles. The molecule has 1 aromatic heterocycles. The van der Waals surface area contributed by atoms with Crippen molar-refractivity contribution in [2.75, 3.05) is 0 Å². The Morgan fingerprint density at radius 2 is 1.78 bits per heavy atom. The van der Waals surface area contributed by atoms with Crippen LogP contribution in [0.15, 0.2) is 36.4 Å². The zero-order valence-electron chi connectivity index (χ0n) is 9.67. The smallest absolute Gasteiger partial charge is 0.104 e. The highest BCUT2D eigenvalue weighted by Gasteiger charge is 2.08.